The summed E-state index contributed by atoms with van der Waals surface area (Å²) >= 11 is 1.58. The second-order valence-electron chi connectivity index (χ2n) is 4.88. The van der Waals surface area contributed by atoms with E-state index in [2.05, 4.69) is 15.5 Å². The minimum Gasteiger partial charge on any atom is -0.388 e. The lowest BCUT2D eigenvalue weighted by molar-refractivity contribution is 0.564. The molecule has 1 heterocycles. The van der Waals surface area contributed by atoms with Gasteiger partial charge >= 0.3 is 0 Å². The van der Waals surface area contributed by atoms with Gasteiger partial charge in [0.2, 0.25) is 5.16 Å². The number of hydrogen-bond acceptors (Lipinski definition) is 5. The van der Waals surface area contributed by atoms with Crippen molar-refractivity contribution >= 4 is 17.6 Å². The van der Waals surface area contributed by atoms with Gasteiger partial charge < -0.3 is 5.73 Å². The fourth-order valence-electron chi connectivity index (χ4n) is 2.03. The molecule has 1 aromatic carbocycles. The number of thioether (sulfide) groups is 1. The molecule has 1 unspecified atom stereocenters. The van der Waals surface area contributed by atoms with Gasteiger partial charge in [0, 0.05) is 11.7 Å². The molecule has 2 aromatic rings. The summed E-state index contributed by atoms with van der Waals surface area (Å²) in [5.41, 5.74) is 6.72. The first-order valence-corrected chi connectivity index (χ1v) is 7.44. The molecule has 20 heavy (non-hydrogen) atoms. The molecule has 0 spiro atoms. The van der Waals surface area contributed by atoms with Gasteiger partial charge in [-0.25, -0.2) is 4.68 Å². The largest absolute Gasteiger partial charge is 0.388 e. The normalized spacial score (nSPS) is 16.0. The van der Waals surface area contributed by atoms with Crippen LogP contribution in [0.4, 0.5) is 0 Å². The molecule has 104 valence electrons. The first kappa shape index (κ1) is 13.1. The van der Waals surface area contributed by atoms with Crippen LogP contribution in [-0.2, 0) is 0 Å². The Bertz CT molecular complexity index is 592. The van der Waals surface area contributed by atoms with E-state index in [4.69, 9.17) is 11.1 Å². The Morgan fingerprint density at radius 1 is 1.40 bits per heavy atom. The van der Waals surface area contributed by atoms with Crippen molar-refractivity contribution in [2.24, 2.45) is 5.73 Å². The Morgan fingerprint density at radius 2 is 2.15 bits per heavy atom. The number of benzene rings is 1. The number of rotatable bonds is 6. The monoisotopic (exact) mass is 288 g/mol. The van der Waals surface area contributed by atoms with Crippen LogP contribution in [0.15, 0.2) is 35.5 Å². The van der Waals surface area contributed by atoms with Gasteiger partial charge in [0.25, 0.3) is 0 Å². The molecule has 1 saturated carbocycles. The molecule has 1 aliphatic carbocycles. The lowest BCUT2D eigenvalue weighted by atomic mass is 10.1. The number of amidine groups is 1. The van der Waals surface area contributed by atoms with E-state index in [9.17, 15) is 0 Å². The number of tetrazole rings is 1. The van der Waals surface area contributed by atoms with Crippen LogP contribution in [0.25, 0.3) is 0 Å². The number of aromatic nitrogens is 4. The van der Waals surface area contributed by atoms with Crippen LogP contribution in [0.1, 0.15) is 36.1 Å². The van der Waals surface area contributed by atoms with Crippen molar-refractivity contribution in [3.8, 4) is 0 Å². The number of hydrogen-bond donors (Lipinski definition) is 2. The summed E-state index contributed by atoms with van der Waals surface area (Å²) in [4.78, 5) is 0. The molecule has 0 amide bonds. The Labute approximate surface area is 121 Å². The van der Waals surface area contributed by atoms with E-state index in [1.165, 1.54) is 0 Å². The molecule has 1 atom stereocenters. The third-order valence-electron chi connectivity index (χ3n) is 3.18. The smallest absolute Gasteiger partial charge is 0.210 e. The number of nitrogens with two attached hydrogens (primary N) is 1. The summed E-state index contributed by atoms with van der Waals surface area (Å²) in [6, 6.07) is 10.5. The average molecular weight is 288 g/mol. The highest BCUT2D eigenvalue weighted by atomic mass is 32.2. The molecule has 7 heteroatoms. The average Bonchev–Trinajstić information content (AvgIpc) is 3.19. The summed E-state index contributed by atoms with van der Waals surface area (Å²) in [5.74, 6) is 0.178. The van der Waals surface area contributed by atoms with Gasteiger partial charge in [0.1, 0.15) is 0 Å². The third-order valence-corrected chi connectivity index (χ3v) is 4.38. The maximum atomic E-state index is 7.56. The van der Waals surface area contributed by atoms with E-state index in [1.807, 2.05) is 35.0 Å². The number of nitrogens with one attached hydrogen (secondary N) is 1. The van der Waals surface area contributed by atoms with Crippen molar-refractivity contribution in [2.75, 3.05) is 0 Å². The lowest BCUT2D eigenvalue weighted by Gasteiger charge is -2.15. The summed E-state index contributed by atoms with van der Waals surface area (Å²) in [6.07, 6.45) is 2.77. The Hall–Kier alpha value is -1.89. The highest BCUT2D eigenvalue weighted by Crippen LogP contribution is 2.41. The minimum atomic E-state index is 0.0669. The van der Waals surface area contributed by atoms with Crippen molar-refractivity contribution < 1.29 is 0 Å². The van der Waals surface area contributed by atoms with Crippen LogP contribution in [0, 0.1) is 5.41 Å². The minimum absolute atomic E-state index is 0.0669. The molecule has 3 N–H and O–H groups in total. The predicted molar refractivity (Wildman–Crippen MR) is 77.7 cm³/mol. The van der Waals surface area contributed by atoms with Crippen LogP contribution in [-0.4, -0.2) is 26.0 Å². The SMILES string of the molecule is N=C(N)CC(Sc1nnnn1C1CC1)c1ccccc1. The molecular formula is C13H16N6S. The van der Waals surface area contributed by atoms with Gasteiger partial charge in [-0.1, -0.05) is 42.1 Å². The molecule has 0 radical (unpaired) electrons. The van der Waals surface area contributed by atoms with Crippen LogP contribution in [0.5, 0.6) is 0 Å². The second-order valence-corrected chi connectivity index (χ2v) is 6.05. The summed E-state index contributed by atoms with van der Waals surface area (Å²) < 4.78 is 1.89. The molecule has 1 aliphatic rings. The van der Waals surface area contributed by atoms with E-state index in [1.54, 1.807) is 11.8 Å². The molecular weight excluding hydrogens is 272 g/mol. The molecule has 3 rings (SSSR count). The molecule has 6 nitrogen and oxygen atoms in total. The van der Waals surface area contributed by atoms with Gasteiger partial charge in [-0.2, -0.15) is 0 Å². The molecule has 1 fully saturated rings. The van der Waals surface area contributed by atoms with Crippen molar-refractivity contribution in [1.29, 1.82) is 5.41 Å². The Kier molecular flexibility index (Phi) is 3.68. The molecule has 0 saturated heterocycles. The number of nitrogens with zero attached hydrogens (tertiary/aromatic N) is 4. The van der Waals surface area contributed by atoms with E-state index in [0.717, 1.165) is 23.6 Å². The van der Waals surface area contributed by atoms with Crippen LogP contribution in [0.2, 0.25) is 0 Å². The van der Waals surface area contributed by atoms with E-state index >= 15 is 0 Å². The van der Waals surface area contributed by atoms with E-state index in [-0.39, 0.29) is 11.1 Å². The fraction of sp³-hybridized carbons (Fsp3) is 0.385. The fourth-order valence-corrected chi connectivity index (χ4v) is 3.22. The zero-order valence-electron chi connectivity index (χ0n) is 10.9. The van der Waals surface area contributed by atoms with Gasteiger partial charge in [-0.3, -0.25) is 5.41 Å². The summed E-state index contributed by atoms with van der Waals surface area (Å²) in [6.45, 7) is 0. The molecule has 1 aromatic heterocycles. The van der Waals surface area contributed by atoms with Crippen molar-refractivity contribution in [2.45, 2.75) is 35.7 Å². The van der Waals surface area contributed by atoms with Crippen molar-refractivity contribution in [3.63, 3.8) is 0 Å². The lowest BCUT2D eigenvalue weighted by Crippen LogP contribution is -2.13. The van der Waals surface area contributed by atoms with Gasteiger partial charge in [0.15, 0.2) is 0 Å². The first-order valence-electron chi connectivity index (χ1n) is 6.56. The van der Waals surface area contributed by atoms with Crippen molar-refractivity contribution in [3.05, 3.63) is 35.9 Å². The first-order chi connectivity index (χ1) is 9.74. The quantitative estimate of drug-likeness (QED) is 0.482. The summed E-state index contributed by atoms with van der Waals surface area (Å²) in [5, 5.41) is 20.4. The summed E-state index contributed by atoms with van der Waals surface area (Å²) in [7, 11) is 0. The van der Waals surface area contributed by atoms with Crippen LogP contribution in [0.3, 0.4) is 0 Å². The van der Waals surface area contributed by atoms with Gasteiger partial charge in [0.05, 0.1) is 11.9 Å². The highest BCUT2D eigenvalue weighted by molar-refractivity contribution is 7.99. The maximum Gasteiger partial charge on any atom is 0.210 e. The zero-order valence-corrected chi connectivity index (χ0v) is 11.8. The Morgan fingerprint density at radius 3 is 2.80 bits per heavy atom. The topological polar surface area (TPSA) is 93.5 Å². The standard InChI is InChI=1S/C13H16N6S/c14-12(15)8-11(9-4-2-1-3-5-9)20-13-16-17-18-19(13)10-6-7-10/h1-5,10-11H,6-8H2,(H3,14,15). The third kappa shape index (κ3) is 2.98. The zero-order chi connectivity index (χ0) is 13.9. The Balaban J connectivity index is 1.82. The predicted octanol–water partition coefficient (Wildman–Crippen LogP) is 2.17. The van der Waals surface area contributed by atoms with E-state index < -0.39 is 0 Å². The maximum absolute atomic E-state index is 7.56. The van der Waals surface area contributed by atoms with Crippen LogP contribution < -0.4 is 5.73 Å². The second kappa shape index (κ2) is 5.62. The van der Waals surface area contributed by atoms with Gasteiger partial charge in [-0.15, -0.1) is 5.10 Å². The van der Waals surface area contributed by atoms with Crippen LogP contribution >= 0.6 is 11.8 Å². The highest BCUT2D eigenvalue weighted by Gasteiger charge is 2.29. The molecule has 0 aliphatic heterocycles. The van der Waals surface area contributed by atoms with Gasteiger partial charge in [-0.05, 0) is 28.8 Å². The van der Waals surface area contributed by atoms with Crippen molar-refractivity contribution in [1.82, 2.24) is 20.2 Å². The molecule has 0 bridgehead atoms. The van der Waals surface area contributed by atoms with E-state index in [0.29, 0.717) is 12.5 Å².